The average molecular weight is 583 g/mol. The van der Waals surface area contributed by atoms with Crippen molar-refractivity contribution in [3.63, 3.8) is 0 Å². The third kappa shape index (κ3) is 5.35. The standard InChI is InChI=1S/C26H22N4O8S2/c1-13(31)37-11-15-12-40-25-20(24(34)30(25)21(15)26(35)36)28-23(33)19(14-6-3-2-4-7-14)27-22(32)16-10-17(38-29-16)18-8-5-9-39-18/h2-10,19-20,25H,11-12H2,1H3,(H,27,32)(H,28,33)(H,35,36)/t19?,20-,25+/m1/s1. The first-order valence-electron chi connectivity index (χ1n) is 11.9. The number of thioether (sulfide) groups is 1. The van der Waals surface area contributed by atoms with Crippen molar-refractivity contribution in [2.24, 2.45) is 0 Å². The van der Waals surface area contributed by atoms with Crippen molar-refractivity contribution in [3.05, 3.63) is 76.4 Å². The number of thiophene rings is 1. The van der Waals surface area contributed by atoms with Gasteiger partial charge in [-0.1, -0.05) is 41.6 Å². The molecule has 2 aromatic heterocycles. The lowest BCUT2D eigenvalue weighted by molar-refractivity contribution is -0.151. The van der Waals surface area contributed by atoms with Gasteiger partial charge >= 0.3 is 11.9 Å². The van der Waals surface area contributed by atoms with Gasteiger partial charge in [0.2, 0.25) is 5.91 Å². The number of fused-ring (bicyclic) bond motifs is 1. The number of aliphatic carboxylic acids is 1. The monoisotopic (exact) mass is 582 g/mol. The zero-order valence-electron chi connectivity index (χ0n) is 20.9. The molecule has 1 saturated heterocycles. The highest BCUT2D eigenvalue weighted by atomic mass is 32.2. The number of nitrogens with one attached hydrogen (secondary N) is 2. The van der Waals surface area contributed by atoms with Crippen molar-refractivity contribution in [2.45, 2.75) is 24.4 Å². The first-order valence-corrected chi connectivity index (χ1v) is 13.9. The molecular weight excluding hydrogens is 560 g/mol. The van der Waals surface area contributed by atoms with Crippen molar-refractivity contribution in [2.75, 3.05) is 12.4 Å². The van der Waals surface area contributed by atoms with E-state index in [1.54, 1.807) is 30.3 Å². The second-order valence-corrected chi connectivity index (χ2v) is 10.9. The first-order chi connectivity index (χ1) is 19.2. The van der Waals surface area contributed by atoms with E-state index in [0.29, 0.717) is 11.3 Å². The zero-order chi connectivity index (χ0) is 28.4. The summed E-state index contributed by atoms with van der Waals surface area (Å²) in [4.78, 5) is 64.5. The summed E-state index contributed by atoms with van der Waals surface area (Å²) in [6, 6.07) is 11.4. The largest absolute Gasteiger partial charge is 0.477 e. The summed E-state index contributed by atoms with van der Waals surface area (Å²) >= 11 is 2.65. The number of amides is 3. The van der Waals surface area contributed by atoms with E-state index in [1.807, 2.05) is 17.5 Å². The highest BCUT2D eigenvalue weighted by Crippen LogP contribution is 2.40. The average Bonchev–Trinajstić information content (AvgIpc) is 3.65. The van der Waals surface area contributed by atoms with Crippen LogP contribution in [0.25, 0.3) is 10.6 Å². The van der Waals surface area contributed by atoms with Crippen LogP contribution in [0, 0.1) is 0 Å². The summed E-state index contributed by atoms with van der Waals surface area (Å²) in [6.07, 6.45) is 0. The summed E-state index contributed by atoms with van der Waals surface area (Å²) in [7, 11) is 0. The minimum absolute atomic E-state index is 0.0255. The van der Waals surface area contributed by atoms with Gasteiger partial charge in [-0.2, -0.15) is 0 Å². The summed E-state index contributed by atoms with van der Waals surface area (Å²) in [5.41, 5.74) is 0.458. The smallest absolute Gasteiger partial charge is 0.352 e. The molecule has 206 valence electrons. The molecule has 1 fully saturated rings. The van der Waals surface area contributed by atoms with Crippen LogP contribution >= 0.6 is 23.1 Å². The Balaban J connectivity index is 1.32. The Kier molecular flexibility index (Phi) is 7.71. The van der Waals surface area contributed by atoms with E-state index in [1.165, 1.54) is 36.1 Å². The Morgan fingerprint density at radius 3 is 2.65 bits per heavy atom. The van der Waals surface area contributed by atoms with Crippen molar-refractivity contribution in [1.29, 1.82) is 0 Å². The second kappa shape index (κ2) is 11.4. The fraction of sp³-hybridized carbons (Fsp3) is 0.231. The van der Waals surface area contributed by atoms with E-state index in [9.17, 15) is 29.1 Å². The third-order valence-electron chi connectivity index (χ3n) is 6.17. The number of carboxylic acids is 1. The number of hydrogen-bond acceptors (Lipinski definition) is 10. The lowest BCUT2D eigenvalue weighted by atomic mass is 10.0. The fourth-order valence-corrected chi connectivity index (χ4v) is 6.29. The summed E-state index contributed by atoms with van der Waals surface area (Å²) in [5, 5.41) is 20.1. The third-order valence-corrected chi connectivity index (χ3v) is 8.40. The molecule has 2 aliphatic heterocycles. The van der Waals surface area contributed by atoms with Crippen molar-refractivity contribution in [3.8, 4) is 10.6 Å². The van der Waals surface area contributed by atoms with Crippen molar-refractivity contribution >= 4 is 52.8 Å². The maximum Gasteiger partial charge on any atom is 0.352 e. The highest BCUT2D eigenvalue weighted by Gasteiger charge is 2.54. The van der Waals surface area contributed by atoms with Crippen LogP contribution in [0.2, 0.25) is 0 Å². The molecule has 3 N–H and O–H groups in total. The normalized spacial score (nSPS) is 18.8. The molecule has 2 aliphatic rings. The number of ether oxygens (including phenoxy) is 1. The molecule has 1 aromatic carbocycles. The topological polar surface area (TPSA) is 168 Å². The molecule has 0 bridgehead atoms. The molecule has 1 unspecified atom stereocenters. The van der Waals surface area contributed by atoms with Gasteiger partial charge in [-0.15, -0.1) is 23.1 Å². The van der Waals surface area contributed by atoms with Crippen molar-refractivity contribution in [1.82, 2.24) is 20.7 Å². The Hall–Kier alpha value is -4.43. The van der Waals surface area contributed by atoms with Gasteiger partial charge in [0.05, 0.1) is 4.88 Å². The number of aromatic nitrogens is 1. The van der Waals surface area contributed by atoms with E-state index in [-0.39, 0.29) is 29.3 Å². The van der Waals surface area contributed by atoms with E-state index < -0.39 is 47.1 Å². The van der Waals surface area contributed by atoms with E-state index in [2.05, 4.69) is 15.8 Å². The molecule has 40 heavy (non-hydrogen) atoms. The maximum atomic E-state index is 13.4. The van der Waals surface area contributed by atoms with Crippen LogP contribution in [-0.2, 0) is 23.9 Å². The highest BCUT2D eigenvalue weighted by molar-refractivity contribution is 8.00. The van der Waals surface area contributed by atoms with Gasteiger partial charge in [-0.3, -0.25) is 24.1 Å². The number of esters is 1. The lowest BCUT2D eigenvalue weighted by Gasteiger charge is -2.49. The summed E-state index contributed by atoms with van der Waals surface area (Å²) < 4.78 is 10.2. The molecule has 0 saturated carbocycles. The minimum Gasteiger partial charge on any atom is -0.477 e. The molecule has 4 heterocycles. The molecule has 0 spiro atoms. The Labute approximate surface area is 235 Å². The van der Waals surface area contributed by atoms with Gasteiger partial charge in [0.25, 0.3) is 11.8 Å². The number of β-lactam (4-membered cyclic amide) rings is 1. The van der Waals surface area contributed by atoms with E-state index >= 15 is 0 Å². The van der Waals surface area contributed by atoms with Crippen LogP contribution in [0.3, 0.4) is 0 Å². The quantitative estimate of drug-likeness (QED) is 0.251. The van der Waals surface area contributed by atoms with Crippen LogP contribution in [0.5, 0.6) is 0 Å². The molecule has 12 nitrogen and oxygen atoms in total. The number of rotatable bonds is 9. The van der Waals surface area contributed by atoms with Crippen LogP contribution in [0.15, 0.2) is 69.7 Å². The van der Waals surface area contributed by atoms with Crippen LogP contribution in [0.1, 0.15) is 29.0 Å². The van der Waals surface area contributed by atoms with Crippen LogP contribution in [0.4, 0.5) is 0 Å². The molecule has 5 rings (SSSR count). The Bertz CT molecular complexity index is 1500. The summed E-state index contributed by atoms with van der Waals surface area (Å²) in [5.74, 6) is -3.26. The molecule has 3 atom stereocenters. The molecule has 3 aromatic rings. The number of nitrogens with zero attached hydrogens (tertiary/aromatic N) is 2. The molecular formula is C26H22N4O8S2. The van der Waals surface area contributed by atoms with Gasteiger partial charge in [-0.05, 0) is 17.0 Å². The molecule has 3 amide bonds. The maximum absolute atomic E-state index is 13.4. The van der Waals surface area contributed by atoms with E-state index in [4.69, 9.17) is 9.26 Å². The lowest BCUT2D eigenvalue weighted by Crippen LogP contribution is -2.71. The number of carboxylic acid groups (broad SMARTS) is 1. The van der Waals surface area contributed by atoms with Crippen molar-refractivity contribution < 1.29 is 38.3 Å². The fourth-order valence-electron chi connectivity index (χ4n) is 4.29. The first kappa shape index (κ1) is 27.1. The molecule has 0 radical (unpaired) electrons. The molecule has 14 heteroatoms. The minimum atomic E-state index is -1.34. The number of carbonyl (C=O) groups is 5. The van der Waals surface area contributed by atoms with E-state index in [0.717, 1.165) is 9.78 Å². The van der Waals surface area contributed by atoms with Gasteiger partial charge in [-0.25, -0.2) is 4.79 Å². The predicted octanol–water partition coefficient (Wildman–Crippen LogP) is 2.18. The summed E-state index contributed by atoms with van der Waals surface area (Å²) in [6.45, 7) is 0.948. The van der Waals surface area contributed by atoms with Gasteiger partial charge in [0.1, 0.15) is 29.8 Å². The second-order valence-electron chi connectivity index (χ2n) is 8.80. The number of carbonyl (C=O) groups excluding carboxylic acids is 4. The number of benzene rings is 1. The molecule has 0 aliphatic carbocycles. The van der Waals surface area contributed by atoms with Gasteiger partial charge < -0.3 is 25.0 Å². The predicted molar refractivity (Wildman–Crippen MR) is 143 cm³/mol. The SMILES string of the molecule is CC(=O)OCC1=C(C(=O)O)N2C(=O)[C@@H](NC(=O)C(NC(=O)c3cc(-c4cccs4)on3)c3ccccc3)[C@@H]2SC1. The van der Waals surface area contributed by atoms with Crippen LogP contribution < -0.4 is 10.6 Å². The number of hydrogen-bond donors (Lipinski definition) is 3. The van der Waals surface area contributed by atoms with Gasteiger partial charge in [0, 0.05) is 24.3 Å². The Morgan fingerprint density at radius 1 is 1.20 bits per heavy atom. The van der Waals surface area contributed by atoms with Crippen LogP contribution in [-0.4, -0.2) is 68.6 Å². The Morgan fingerprint density at radius 2 is 1.98 bits per heavy atom. The van der Waals surface area contributed by atoms with Gasteiger partial charge in [0.15, 0.2) is 11.5 Å². The zero-order valence-corrected chi connectivity index (χ0v) is 22.5.